The van der Waals surface area contributed by atoms with Gasteiger partial charge < -0.3 is 10.1 Å². The molecule has 0 aromatic heterocycles. The van der Waals surface area contributed by atoms with Crippen LogP contribution in [0.3, 0.4) is 0 Å². The Morgan fingerprint density at radius 3 is 2.85 bits per heavy atom. The third-order valence-corrected chi connectivity index (χ3v) is 3.72. The maximum atomic E-state index is 5.59. The maximum absolute atomic E-state index is 5.59. The minimum Gasteiger partial charge on any atom is -0.493 e. The van der Waals surface area contributed by atoms with Crippen LogP contribution >= 0.6 is 0 Å². The van der Waals surface area contributed by atoms with Gasteiger partial charge >= 0.3 is 0 Å². The lowest BCUT2D eigenvalue weighted by molar-refractivity contribution is 0.357. The van der Waals surface area contributed by atoms with Crippen molar-refractivity contribution < 1.29 is 4.74 Å². The zero-order valence-corrected chi connectivity index (χ0v) is 12.1. The monoisotopic (exact) mass is 267 g/mol. The van der Waals surface area contributed by atoms with Crippen molar-refractivity contribution in [1.82, 2.24) is 5.32 Å². The summed E-state index contributed by atoms with van der Waals surface area (Å²) in [5.74, 6) is 1.05. The molecule has 0 amide bonds. The van der Waals surface area contributed by atoms with Crippen molar-refractivity contribution in [2.75, 3.05) is 6.61 Å². The van der Waals surface area contributed by atoms with Crippen molar-refractivity contribution in [2.24, 2.45) is 0 Å². The molecule has 0 unspecified atom stereocenters. The molecule has 0 atom stereocenters. The summed E-state index contributed by atoms with van der Waals surface area (Å²) in [6.07, 6.45) is 1.02. The van der Waals surface area contributed by atoms with Crippen molar-refractivity contribution in [3.05, 3.63) is 53.6 Å². The van der Waals surface area contributed by atoms with E-state index in [1.165, 1.54) is 22.3 Å². The molecular weight excluding hydrogens is 246 g/mol. The van der Waals surface area contributed by atoms with Gasteiger partial charge in [-0.15, -0.1) is 0 Å². The smallest absolute Gasteiger partial charge is 0.122 e. The summed E-state index contributed by atoms with van der Waals surface area (Å²) >= 11 is 0. The van der Waals surface area contributed by atoms with E-state index in [1.54, 1.807) is 0 Å². The Balaban J connectivity index is 1.93. The van der Waals surface area contributed by atoms with E-state index >= 15 is 0 Å². The first kappa shape index (κ1) is 13.2. The topological polar surface area (TPSA) is 21.3 Å². The van der Waals surface area contributed by atoms with Crippen LogP contribution < -0.4 is 10.1 Å². The molecule has 2 aromatic rings. The molecule has 20 heavy (non-hydrogen) atoms. The average Bonchev–Trinajstić information content (AvgIpc) is 2.92. The summed E-state index contributed by atoms with van der Waals surface area (Å²) in [4.78, 5) is 0. The number of ether oxygens (including phenoxy) is 1. The molecule has 1 aliphatic rings. The van der Waals surface area contributed by atoms with Crippen molar-refractivity contribution in [3.63, 3.8) is 0 Å². The fourth-order valence-corrected chi connectivity index (χ4v) is 2.62. The predicted octanol–water partition coefficient (Wildman–Crippen LogP) is 3.79. The highest BCUT2D eigenvalue weighted by molar-refractivity contribution is 5.69. The molecule has 1 aliphatic heterocycles. The van der Waals surface area contributed by atoms with E-state index in [-0.39, 0.29) is 0 Å². The Labute approximate surface area is 120 Å². The fraction of sp³-hybridized carbons (Fsp3) is 0.333. The quantitative estimate of drug-likeness (QED) is 0.910. The van der Waals surface area contributed by atoms with E-state index < -0.39 is 0 Å². The lowest BCUT2D eigenvalue weighted by atomic mass is 9.97. The molecule has 0 saturated heterocycles. The van der Waals surface area contributed by atoms with Gasteiger partial charge in [-0.3, -0.25) is 0 Å². The van der Waals surface area contributed by atoms with Gasteiger partial charge in [0.25, 0.3) is 0 Å². The Morgan fingerprint density at radius 2 is 2.00 bits per heavy atom. The summed E-state index contributed by atoms with van der Waals surface area (Å²) in [5, 5.41) is 3.50. The first-order valence-corrected chi connectivity index (χ1v) is 7.31. The van der Waals surface area contributed by atoms with Gasteiger partial charge in [-0.05, 0) is 34.4 Å². The van der Waals surface area contributed by atoms with Crippen LogP contribution in [-0.2, 0) is 13.0 Å². The number of fused-ring (bicyclic) bond motifs is 1. The highest BCUT2D eigenvalue weighted by Gasteiger charge is 2.13. The third-order valence-electron chi connectivity index (χ3n) is 3.72. The number of benzene rings is 2. The van der Waals surface area contributed by atoms with Crippen LogP contribution in [-0.4, -0.2) is 12.6 Å². The Kier molecular flexibility index (Phi) is 3.75. The molecule has 2 nitrogen and oxygen atoms in total. The van der Waals surface area contributed by atoms with Crippen molar-refractivity contribution in [1.29, 1.82) is 0 Å². The van der Waals surface area contributed by atoms with Gasteiger partial charge in [0.2, 0.25) is 0 Å². The molecule has 2 aromatic carbocycles. The second-order valence-corrected chi connectivity index (χ2v) is 5.61. The molecule has 0 radical (unpaired) electrons. The Morgan fingerprint density at radius 1 is 1.15 bits per heavy atom. The molecule has 104 valence electrons. The van der Waals surface area contributed by atoms with Crippen LogP contribution in [0.4, 0.5) is 0 Å². The average molecular weight is 267 g/mol. The van der Waals surface area contributed by atoms with Gasteiger partial charge in [0.1, 0.15) is 5.75 Å². The van der Waals surface area contributed by atoms with Crippen molar-refractivity contribution in [3.8, 4) is 16.9 Å². The van der Waals surface area contributed by atoms with Crippen LogP contribution in [0.1, 0.15) is 25.0 Å². The van der Waals surface area contributed by atoms with E-state index in [9.17, 15) is 0 Å². The molecule has 0 fully saturated rings. The van der Waals surface area contributed by atoms with Crippen LogP contribution in [0.15, 0.2) is 42.5 Å². The lowest BCUT2D eigenvalue weighted by Crippen LogP contribution is -2.22. The van der Waals surface area contributed by atoms with Crippen LogP contribution in [0.2, 0.25) is 0 Å². The van der Waals surface area contributed by atoms with Gasteiger partial charge in [0, 0.05) is 19.0 Å². The van der Waals surface area contributed by atoms with Crippen molar-refractivity contribution >= 4 is 0 Å². The van der Waals surface area contributed by atoms with Crippen LogP contribution in [0.25, 0.3) is 11.1 Å². The zero-order valence-electron chi connectivity index (χ0n) is 12.1. The van der Waals surface area contributed by atoms with E-state index in [0.717, 1.165) is 25.3 Å². The number of rotatable bonds is 4. The summed E-state index contributed by atoms with van der Waals surface area (Å²) in [6, 6.07) is 15.7. The van der Waals surface area contributed by atoms with Crippen molar-refractivity contribution in [2.45, 2.75) is 32.9 Å². The minimum absolute atomic E-state index is 0.497. The lowest BCUT2D eigenvalue weighted by Gasteiger charge is -2.13. The number of nitrogens with one attached hydrogen (secondary N) is 1. The number of hydrogen-bond donors (Lipinski definition) is 1. The first-order chi connectivity index (χ1) is 9.74. The molecule has 0 spiro atoms. The molecule has 3 rings (SSSR count). The number of hydrogen-bond acceptors (Lipinski definition) is 2. The fourth-order valence-electron chi connectivity index (χ4n) is 2.62. The molecule has 1 N–H and O–H groups in total. The zero-order chi connectivity index (χ0) is 13.9. The summed E-state index contributed by atoms with van der Waals surface area (Å²) < 4.78 is 5.59. The first-order valence-electron chi connectivity index (χ1n) is 7.31. The molecule has 0 aliphatic carbocycles. The van der Waals surface area contributed by atoms with Gasteiger partial charge in [0.15, 0.2) is 0 Å². The molecule has 2 heteroatoms. The summed E-state index contributed by atoms with van der Waals surface area (Å²) in [7, 11) is 0. The SMILES string of the molecule is CC(C)NCc1ccccc1-c1ccc2c(c1)CCO2. The van der Waals surface area contributed by atoms with Crippen LogP contribution in [0.5, 0.6) is 5.75 Å². The van der Waals surface area contributed by atoms with E-state index in [1.807, 2.05) is 0 Å². The Bertz CT molecular complexity index is 604. The predicted molar refractivity (Wildman–Crippen MR) is 83.1 cm³/mol. The van der Waals surface area contributed by atoms with Gasteiger partial charge in [-0.1, -0.05) is 44.2 Å². The van der Waals surface area contributed by atoms with E-state index in [2.05, 4.69) is 61.6 Å². The Hall–Kier alpha value is -1.80. The van der Waals surface area contributed by atoms with Gasteiger partial charge in [0.05, 0.1) is 6.61 Å². The molecule has 1 heterocycles. The standard InChI is InChI=1S/C18H21NO/c1-13(2)19-12-16-5-3-4-6-17(16)14-7-8-18-15(11-14)9-10-20-18/h3-8,11,13,19H,9-10,12H2,1-2H3. The summed E-state index contributed by atoms with van der Waals surface area (Å²) in [6.45, 7) is 6.07. The van der Waals surface area contributed by atoms with E-state index in [4.69, 9.17) is 4.74 Å². The molecule has 0 bridgehead atoms. The second kappa shape index (κ2) is 5.68. The van der Waals surface area contributed by atoms with Crippen LogP contribution in [0, 0.1) is 0 Å². The maximum Gasteiger partial charge on any atom is 0.122 e. The largest absolute Gasteiger partial charge is 0.493 e. The molecule has 0 saturated carbocycles. The normalized spacial score (nSPS) is 13.3. The van der Waals surface area contributed by atoms with Gasteiger partial charge in [-0.2, -0.15) is 0 Å². The highest BCUT2D eigenvalue weighted by atomic mass is 16.5. The third kappa shape index (κ3) is 2.70. The van der Waals surface area contributed by atoms with Gasteiger partial charge in [-0.25, -0.2) is 0 Å². The second-order valence-electron chi connectivity index (χ2n) is 5.61. The van der Waals surface area contributed by atoms with E-state index in [0.29, 0.717) is 6.04 Å². The molecular formula is C18H21NO. The summed E-state index contributed by atoms with van der Waals surface area (Å²) in [5.41, 5.74) is 5.28. The minimum atomic E-state index is 0.497. The highest BCUT2D eigenvalue weighted by Crippen LogP contribution is 2.31.